The van der Waals surface area contributed by atoms with E-state index in [1.807, 2.05) is 0 Å². The maximum Gasteiger partial charge on any atom is 0.335 e. The number of aromatic amines is 1. The molecule has 0 saturated heterocycles. The highest BCUT2D eigenvalue weighted by Gasteiger charge is 2.09. The molecule has 144 valence electrons. The molecule has 2 heterocycles. The molecule has 2 aromatic carbocycles. The lowest BCUT2D eigenvalue weighted by molar-refractivity contribution is 0.0697. The van der Waals surface area contributed by atoms with Crippen LogP contribution in [0.25, 0.3) is 29.7 Å². The number of benzene rings is 2. The van der Waals surface area contributed by atoms with Gasteiger partial charge in [0.05, 0.1) is 21.8 Å². The summed E-state index contributed by atoms with van der Waals surface area (Å²) in [5, 5.41) is 13.4. The van der Waals surface area contributed by atoms with Crippen molar-refractivity contribution < 1.29 is 14.3 Å². The topological polar surface area (TPSA) is 88.2 Å². The highest BCUT2D eigenvalue weighted by atomic mass is 35.5. The average Bonchev–Trinajstić information content (AvgIpc) is 3.28. The van der Waals surface area contributed by atoms with Crippen molar-refractivity contribution in [3.63, 3.8) is 0 Å². The number of nitrogens with one attached hydrogen (secondary N) is 1. The van der Waals surface area contributed by atoms with E-state index in [2.05, 4.69) is 11.7 Å². The summed E-state index contributed by atoms with van der Waals surface area (Å²) in [4.78, 5) is 24.0. The lowest BCUT2D eigenvalue weighted by Gasteiger charge is -2.00. The van der Waals surface area contributed by atoms with Crippen molar-refractivity contribution in [1.82, 2.24) is 9.78 Å². The van der Waals surface area contributed by atoms with Crippen LogP contribution in [0.1, 0.15) is 16.1 Å². The highest BCUT2D eigenvalue weighted by molar-refractivity contribution is 6.30. The van der Waals surface area contributed by atoms with Crippen LogP contribution in [0.2, 0.25) is 5.02 Å². The van der Waals surface area contributed by atoms with Crippen LogP contribution < -0.4 is 16.1 Å². The Balaban J connectivity index is 1.75. The van der Waals surface area contributed by atoms with E-state index in [4.69, 9.17) is 21.1 Å². The molecule has 0 unspecified atom stereocenters. The van der Waals surface area contributed by atoms with Crippen molar-refractivity contribution in [1.29, 1.82) is 0 Å². The van der Waals surface area contributed by atoms with Gasteiger partial charge in [-0.2, -0.15) is 0 Å². The van der Waals surface area contributed by atoms with Gasteiger partial charge in [-0.25, -0.2) is 9.48 Å². The molecule has 7 heteroatoms. The standard InChI is InChI=1S/C22H15ClN2O4/c1-13-19(21(26)25(24-13)17-7-3-6-16(23)11-17)12-18-8-9-20(29-18)14-4-2-5-15(10-14)22(27)28/h2-12,24H,1H2,(H,27,28)/b19-12-. The Morgan fingerprint density at radius 2 is 1.93 bits per heavy atom. The first-order chi connectivity index (χ1) is 13.9. The fourth-order valence-electron chi connectivity index (χ4n) is 2.97. The summed E-state index contributed by atoms with van der Waals surface area (Å²) in [6.45, 7) is 3.89. The van der Waals surface area contributed by atoms with Crippen LogP contribution in [-0.4, -0.2) is 20.9 Å². The van der Waals surface area contributed by atoms with Crippen LogP contribution in [-0.2, 0) is 0 Å². The van der Waals surface area contributed by atoms with E-state index in [-0.39, 0.29) is 11.1 Å². The second-order valence-electron chi connectivity index (χ2n) is 6.36. The van der Waals surface area contributed by atoms with Crippen LogP contribution in [0.4, 0.5) is 0 Å². The molecule has 0 spiro atoms. The van der Waals surface area contributed by atoms with Gasteiger partial charge in [-0.3, -0.25) is 9.89 Å². The van der Waals surface area contributed by atoms with Crippen molar-refractivity contribution in [2.24, 2.45) is 0 Å². The minimum Gasteiger partial charge on any atom is -0.478 e. The van der Waals surface area contributed by atoms with Gasteiger partial charge in [0.15, 0.2) is 0 Å². The summed E-state index contributed by atoms with van der Waals surface area (Å²) in [6.07, 6.45) is 1.59. The zero-order valence-corrected chi connectivity index (χ0v) is 15.8. The SMILES string of the molecule is C=c1[nH]n(-c2cccc(Cl)c2)c(=O)/c1=C\c1ccc(-c2cccc(C(=O)O)c2)o1. The Bertz CT molecular complexity index is 1390. The second kappa shape index (κ2) is 7.33. The summed E-state index contributed by atoms with van der Waals surface area (Å²) in [6, 6.07) is 16.8. The molecule has 0 aliphatic carbocycles. The van der Waals surface area contributed by atoms with Crippen LogP contribution in [0, 0.1) is 0 Å². The number of carbonyl (C=O) groups is 1. The van der Waals surface area contributed by atoms with E-state index in [1.165, 1.54) is 16.8 Å². The smallest absolute Gasteiger partial charge is 0.335 e. The first-order valence-electron chi connectivity index (χ1n) is 8.63. The van der Waals surface area contributed by atoms with Crippen LogP contribution >= 0.6 is 11.6 Å². The number of rotatable bonds is 4. The summed E-state index contributed by atoms with van der Waals surface area (Å²) >= 11 is 6.01. The minimum absolute atomic E-state index is 0.166. The summed E-state index contributed by atoms with van der Waals surface area (Å²) < 4.78 is 7.15. The summed E-state index contributed by atoms with van der Waals surface area (Å²) in [7, 11) is 0. The van der Waals surface area contributed by atoms with Gasteiger partial charge in [-0.05, 0) is 48.5 Å². The number of furan rings is 1. The largest absolute Gasteiger partial charge is 0.478 e. The molecule has 0 saturated carbocycles. The van der Waals surface area contributed by atoms with Crippen molar-refractivity contribution in [2.45, 2.75) is 0 Å². The maximum absolute atomic E-state index is 12.8. The van der Waals surface area contributed by atoms with Crippen LogP contribution in [0.3, 0.4) is 0 Å². The molecule has 2 aromatic heterocycles. The zero-order chi connectivity index (χ0) is 20.5. The normalized spacial score (nSPS) is 11.7. The quantitative estimate of drug-likeness (QED) is 0.545. The molecule has 0 bridgehead atoms. The van der Waals surface area contributed by atoms with Crippen LogP contribution in [0.15, 0.2) is 69.9 Å². The number of aromatic nitrogens is 2. The number of halogens is 1. The number of H-pyrrole nitrogens is 1. The Labute approximate surface area is 169 Å². The summed E-state index contributed by atoms with van der Waals surface area (Å²) in [5.41, 5.74) is 1.10. The fraction of sp³-hybridized carbons (Fsp3) is 0. The first-order valence-corrected chi connectivity index (χ1v) is 9.01. The molecular weight excluding hydrogens is 392 g/mol. The molecule has 0 atom stereocenters. The Morgan fingerprint density at radius 3 is 2.69 bits per heavy atom. The molecule has 4 aromatic rings. The number of carboxylic acids is 1. The Hall–Kier alpha value is -3.77. The molecule has 2 N–H and O–H groups in total. The third kappa shape index (κ3) is 3.66. The second-order valence-corrected chi connectivity index (χ2v) is 6.79. The third-order valence-corrected chi connectivity index (χ3v) is 4.61. The fourth-order valence-corrected chi connectivity index (χ4v) is 3.16. The van der Waals surface area contributed by atoms with Crippen molar-refractivity contribution >= 4 is 30.2 Å². The highest BCUT2D eigenvalue weighted by Crippen LogP contribution is 2.23. The Kier molecular flexibility index (Phi) is 4.70. The first kappa shape index (κ1) is 18.6. The average molecular weight is 407 g/mol. The predicted octanol–water partition coefficient (Wildman–Crippen LogP) is 3.02. The predicted molar refractivity (Wildman–Crippen MR) is 111 cm³/mol. The molecule has 0 aliphatic rings. The molecule has 0 radical (unpaired) electrons. The number of hydrogen-bond donors (Lipinski definition) is 2. The minimum atomic E-state index is -1.01. The molecule has 4 rings (SSSR count). The van der Waals surface area contributed by atoms with Gasteiger partial charge in [0.1, 0.15) is 11.5 Å². The van der Waals surface area contributed by atoms with Gasteiger partial charge in [0, 0.05) is 10.6 Å². The maximum atomic E-state index is 12.8. The van der Waals surface area contributed by atoms with Crippen molar-refractivity contribution in [2.75, 3.05) is 0 Å². The molecule has 6 nitrogen and oxygen atoms in total. The molecule has 0 amide bonds. The van der Waals surface area contributed by atoms with Gasteiger partial charge >= 0.3 is 5.97 Å². The third-order valence-electron chi connectivity index (χ3n) is 4.38. The lowest BCUT2D eigenvalue weighted by Crippen LogP contribution is -2.33. The van der Waals surface area contributed by atoms with Gasteiger partial charge < -0.3 is 9.52 Å². The molecule has 0 fully saturated rings. The van der Waals surface area contributed by atoms with Gasteiger partial charge in [-0.1, -0.05) is 36.4 Å². The molecular formula is C22H15ClN2O4. The number of carboxylic acid groups (broad SMARTS) is 1. The van der Waals surface area contributed by atoms with Gasteiger partial charge in [0.2, 0.25) is 0 Å². The number of nitrogens with zero attached hydrogens (tertiary/aromatic N) is 1. The molecule has 29 heavy (non-hydrogen) atoms. The number of hydrogen-bond acceptors (Lipinski definition) is 3. The summed E-state index contributed by atoms with van der Waals surface area (Å²) in [5.74, 6) is -0.0728. The lowest BCUT2D eigenvalue weighted by atomic mass is 10.1. The van der Waals surface area contributed by atoms with Gasteiger partial charge in [0.25, 0.3) is 5.56 Å². The monoisotopic (exact) mass is 406 g/mol. The van der Waals surface area contributed by atoms with E-state index < -0.39 is 5.97 Å². The van der Waals surface area contributed by atoms with E-state index in [0.29, 0.717) is 38.4 Å². The van der Waals surface area contributed by atoms with E-state index >= 15 is 0 Å². The van der Waals surface area contributed by atoms with Crippen LogP contribution in [0.5, 0.6) is 0 Å². The van der Waals surface area contributed by atoms with E-state index in [9.17, 15) is 9.59 Å². The zero-order valence-electron chi connectivity index (χ0n) is 15.1. The Morgan fingerprint density at radius 1 is 1.14 bits per heavy atom. The van der Waals surface area contributed by atoms with Crippen molar-refractivity contribution in [3.8, 4) is 17.0 Å². The number of aromatic carboxylic acids is 1. The van der Waals surface area contributed by atoms with Gasteiger partial charge in [-0.15, -0.1) is 0 Å². The van der Waals surface area contributed by atoms with E-state index in [0.717, 1.165) is 0 Å². The molecule has 0 aliphatic heterocycles. The van der Waals surface area contributed by atoms with Crippen molar-refractivity contribution in [3.05, 3.63) is 97.9 Å². The van der Waals surface area contributed by atoms with E-state index in [1.54, 1.807) is 54.6 Å².